The van der Waals surface area contributed by atoms with Crippen molar-refractivity contribution >= 4 is 34.1 Å². The van der Waals surface area contributed by atoms with Crippen molar-refractivity contribution in [3.05, 3.63) is 83.9 Å². The molecule has 4 heteroatoms. The predicted molar refractivity (Wildman–Crippen MR) is 130 cm³/mol. The summed E-state index contributed by atoms with van der Waals surface area (Å²) in [6.45, 7) is 1.90. The van der Waals surface area contributed by atoms with Crippen LogP contribution in [0.5, 0.6) is 11.5 Å². The minimum absolute atomic E-state index is 0.0495. The van der Waals surface area contributed by atoms with E-state index in [-0.39, 0.29) is 5.92 Å². The quantitative estimate of drug-likeness (QED) is 0.332. The molecule has 164 valence electrons. The van der Waals surface area contributed by atoms with Crippen molar-refractivity contribution in [2.24, 2.45) is 0 Å². The number of hydrogen-bond acceptors (Lipinski definition) is 4. The Kier molecular flexibility index (Phi) is 7.98. The van der Waals surface area contributed by atoms with Gasteiger partial charge in [-0.25, -0.2) is 0 Å². The van der Waals surface area contributed by atoms with Gasteiger partial charge in [-0.3, -0.25) is 0 Å². The molecular formula is C28H28O4. The van der Waals surface area contributed by atoms with Crippen LogP contribution in [0.25, 0.3) is 21.5 Å². The molecule has 0 bridgehead atoms. The number of carbonyl (C=O) groups excluding carboxylic acids is 2. The first-order valence-electron chi connectivity index (χ1n) is 10.6. The summed E-state index contributed by atoms with van der Waals surface area (Å²) in [5, 5.41) is 4.60. The average molecular weight is 429 g/mol. The summed E-state index contributed by atoms with van der Waals surface area (Å²) in [7, 11) is 3.32. The standard InChI is InChI=1S/2C14H14O2/c1-10(9-15)11-3-4-13-8-14(16-2)6-5-12(13)7-11;1-16-14-7-6-12-9-11(3-2-8-15)4-5-13(12)10-14/h3-10H,1-2H3;4-10H,2-3H2,1H3. The van der Waals surface area contributed by atoms with Crippen LogP contribution in [-0.4, -0.2) is 26.8 Å². The Balaban J connectivity index is 0.000000181. The van der Waals surface area contributed by atoms with Crippen molar-refractivity contribution in [2.45, 2.75) is 25.7 Å². The number of benzene rings is 4. The van der Waals surface area contributed by atoms with Gasteiger partial charge >= 0.3 is 0 Å². The molecule has 0 heterocycles. The summed E-state index contributed by atoms with van der Waals surface area (Å²) >= 11 is 0. The summed E-state index contributed by atoms with van der Waals surface area (Å²) in [4.78, 5) is 21.0. The van der Waals surface area contributed by atoms with E-state index in [0.29, 0.717) is 6.42 Å². The summed E-state index contributed by atoms with van der Waals surface area (Å²) in [5.41, 5.74) is 2.25. The molecule has 0 aromatic heterocycles. The van der Waals surface area contributed by atoms with Crippen molar-refractivity contribution in [3.63, 3.8) is 0 Å². The van der Waals surface area contributed by atoms with Crippen molar-refractivity contribution < 1.29 is 19.1 Å². The molecule has 1 unspecified atom stereocenters. The van der Waals surface area contributed by atoms with Gasteiger partial charge in [0, 0.05) is 12.3 Å². The molecule has 0 fully saturated rings. The zero-order valence-corrected chi connectivity index (χ0v) is 18.7. The lowest BCUT2D eigenvalue weighted by Crippen LogP contribution is -1.93. The van der Waals surface area contributed by atoms with Gasteiger partial charge in [-0.1, -0.05) is 55.5 Å². The smallest absolute Gasteiger partial charge is 0.127 e. The van der Waals surface area contributed by atoms with Crippen molar-refractivity contribution in [2.75, 3.05) is 14.2 Å². The molecule has 0 aliphatic rings. The maximum absolute atomic E-state index is 10.7. The molecule has 4 nitrogen and oxygen atoms in total. The molecule has 4 aromatic rings. The molecule has 0 radical (unpaired) electrons. The zero-order valence-electron chi connectivity index (χ0n) is 18.7. The number of hydrogen-bond donors (Lipinski definition) is 0. The van der Waals surface area contributed by atoms with Gasteiger partial charge in [0.2, 0.25) is 0 Å². The second kappa shape index (κ2) is 11.1. The maximum Gasteiger partial charge on any atom is 0.127 e. The Labute approximate surface area is 188 Å². The van der Waals surface area contributed by atoms with Crippen LogP contribution in [0.3, 0.4) is 0 Å². The van der Waals surface area contributed by atoms with E-state index in [1.807, 2.05) is 61.5 Å². The third-order valence-corrected chi connectivity index (χ3v) is 5.46. The average Bonchev–Trinajstić information content (AvgIpc) is 2.86. The summed E-state index contributed by atoms with van der Waals surface area (Å²) < 4.78 is 10.3. The zero-order chi connectivity index (χ0) is 22.9. The maximum atomic E-state index is 10.7. The van der Waals surface area contributed by atoms with Crippen LogP contribution < -0.4 is 9.47 Å². The Morgan fingerprint density at radius 2 is 1.25 bits per heavy atom. The van der Waals surface area contributed by atoms with Crippen LogP contribution >= 0.6 is 0 Å². The Morgan fingerprint density at radius 3 is 1.81 bits per heavy atom. The van der Waals surface area contributed by atoms with E-state index in [4.69, 9.17) is 9.47 Å². The molecule has 32 heavy (non-hydrogen) atoms. The molecule has 0 spiro atoms. The van der Waals surface area contributed by atoms with Gasteiger partial charge in [-0.2, -0.15) is 0 Å². The molecule has 0 aliphatic carbocycles. The van der Waals surface area contributed by atoms with Crippen molar-refractivity contribution in [3.8, 4) is 11.5 Å². The molecule has 0 N–H and O–H groups in total. The highest BCUT2D eigenvalue weighted by molar-refractivity contribution is 5.86. The van der Waals surface area contributed by atoms with Gasteiger partial charge in [0.15, 0.2) is 0 Å². The first-order chi connectivity index (χ1) is 15.6. The molecular weight excluding hydrogens is 400 g/mol. The normalized spacial score (nSPS) is 11.3. The van der Waals surface area contributed by atoms with Gasteiger partial charge in [-0.05, 0) is 63.4 Å². The van der Waals surface area contributed by atoms with Gasteiger partial charge < -0.3 is 19.1 Å². The van der Waals surface area contributed by atoms with E-state index in [0.717, 1.165) is 52.2 Å². The van der Waals surface area contributed by atoms with Gasteiger partial charge in [0.1, 0.15) is 24.1 Å². The summed E-state index contributed by atoms with van der Waals surface area (Å²) in [6, 6.07) is 24.2. The third-order valence-electron chi connectivity index (χ3n) is 5.46. The van der Waals surface area contributed by atoms with Crippen LogP contribution in [0.1, 0.15) is 30.4 Å². The van der Waals surface area contributed by atoms with Gasteiger partial charge in [-0.15, -0.1) is 0 Å². The molecule has 0 amide bonds. The van der Waals surface area contributed by atoms with E-state index >= 15 is 0 Å². The Bertz CT molecular complexity index is 1210. The highest BCUT2D eigenvalue weighted by Gasteiger charge is 2.05. The van der Waals surface area contributed by atoms with Crippen LogP contribution in [0.4, 0.5) is 0 Å². The number of ether oxygens (including phenoxy) is 2. The number of aldehydes is 2. The van der Waals surface area contributed by atoms with Crippen LogP contribution in [-0.2, 0) is 16.0 Å². The third kappa shape index (κ3) is 5.73. The summed E-state index contributed by atoms with van der Waals surface area (Å²) in [5.74, 6) is 1.67. The molecule has 0 aliphatic heterocycles. The highest BCUT2D eigenvalue weighted by atomic mass is 16.5. The molecule has 1 atom stereocenters. The van der Waals surface area contributed by atoms with E-state index < -0.39 is 0 Å². The molecule has 4 rings (SSSR count). The lowest BCUT2D eigenvalue weighted by Gasteiger charge is -2.07. The first-order valence-corrected chi connectivity index (χ1v) is 10.6. The first kappa shape index (κ1) is 23.0. The fourth-order valence-corrected chi connectivity index (χ4v) is 3.51. The summed E-state index contributed by atoms with van der Waals surface area (Å²) in [6.07, 6.45) is 3.32. The largest absolute Gasteiger partial charge is 0.497 e. The second-order valence-corrected chi connectivity index (χ2v) is 7.65. The fourth-order valence-electron chi connectivity index (χ4n) is 3.51. The Hall–Kier alpha value is -3.66. The monoisotopic (exact) mass is 428 g/mol. The molecule has 0 saturated heterocycles. The van der Waals surface area contributed by atoms with E-state index in [1.54, 1.807) is 14.2 Å². The molecule has 4 aromatic carbocycles. The van der Waals surface area contributed by atoms with Crippen LogP contribution in [0.15, 0.2) is 72.8 Å². The number of fused-ring (bicyclic) bond motifs is 2. The Morgan fingerprint density at radius 1 is 0.719 bits per heavy atom. The van der Waals surface area contributed by atoms with E-state index in [1.165, 1.54) is 10.9 Å². The van der Waals surface area contributed by atoms with Gasteiger partial charge in [0.25, 0.3) is 0 Å². The van der Waals surface area contributed by atoms with Crippen molar-refractivity contribution in [1.82, 2.24) is 0 Å². The highest BCUT2D eigenvalue weighted by Crippen LogP contribution is 2.24. The lowest BCUT2D eigenvalue weighted by atomic mass is 9.99. The predicted octanol–water partition coefficient (Wildman–Crippen LogP) is 6.13. The minimum atomic E-state index is -0.0495. The number of rotatable bonds is 7. The topological polar surface area (TPSA) is 52.6 Å². The number of methoxy groups -OCH3 is 2. The van der Waals surface area contributed by atoms with E-state index in [9.17, 15) is 9.59 Å². The molecule has 0 saturated carbocycles. The van der Waals surface area contributed by atoms with Crippen LogP contribution in [0, 0.1) is 0 Å². The number of carbonyl (C=O) groups is 2. The van der Waals surface area contributed by atoms with Crippen molar-refractivity contribution in [1.29, 1.82) is 0 Å². The minimum Gasteiger partial charge on any atom is -0.497 e. The van der Waals surface area contributed by atoms with Crippen LogP contribution in [0.2, 0.25) is 0 Å². The van der Waals surface area contributed by atoms with E-state index in [2.05, 4.69) is 18.2 Å². The number of aryl methyl sites for hydroxylation is 1. The SMILES string of the molecule is COc1ccc2cc(C(C)C=O)ccc2c1.COc1ccc2cc(CCC=O)ccc2c1. The second-order valence-electron chi connectivity index (χ2n) is 7.65. The fraction of sp³-hybridized carbons (Fsp3) is 0.214. The lowest BCUT2D eigenvalue weighted by molar-refractivity contribution is -0.109. The van der Waals surface area contributed by atoms with Gasteiger partial charge in [0.05, 0.1) is 14.2 Å².